The fraction of sp³-hybridized carbons (Fsp3) is 0.412. The SMILES string of the molecule is CN(C)C(CNC1CSCc2ccccc21)c1ccco1. The second-order valence-corrected chi connectivity index (χ2v) is 6.70. The molecule has 112 valence electrons. The van der Waals surface area contributed by atoms with E-state index >= 15 is 0 Å². The number of furan rings is 1. The number of nitrogens with one attached hydrogen (secondary N) is 1. The zero-order chi connectivity index (χ0) is 14.7. The maximum atomic E-state index is 5.58. The molecule has 2 aromatic rings. The Morgan fingerprint density at radius 2 is 2.14 bits per heavy atom. The van der Waals surface area contributed by atoms with Gasteiger partial charge in [-0.25, -0.2) is 0 Å². The standard InChI is InChI=1S/C17H22N2OS/c1-19(2)16(17-8-5-9-20-17)10-18-15-12-21-11-13-6-3-4-7-14(13)15/h3-9,15-16,18H,10-12H2,1-2H3. The number of benzene rings is 1. The fourth-order valence-corrected chi connectivity index (χ4v) is 3.96. The minimum atomic E-state index is 0.263. The van der Waals surface area contributed by atoms with E-state index in [4.69, 9.17) is 4.42 Å². The molecule has 0 spiro atoms. The lowest BCUT2D eigenvalue weighted by atomic mass is 10.0. The van der Waals surface area contributed by atoms with E-state index in [-0.39, 0.29) is 6.04 Å². The number of thioether (sulfide) groups is 1. The molecule has 1 N–H and O–H groups in total. The Labute approximate surface area is 130 Å². The summed E-state index contributed by atoms with van der Waals surface area (Å²) >= 11 is 2.00. The van der Waals surface area contributed by atoms with Gasteiger partial charge in [-0.1, -0.05) is 24.3 Å². The van der Waals surface area contributed by atoms with E-state index in [1.54, 1.807) is 6.26 Å². The van der Waals surface area contributed by atoms with Crippen molar-refractivity contribution in [3.05, 3.63) is 59.5 Å². The van der Waals surface area contributed by atoms with Crippen molar-refractivity contribution in [3.8, 4) is 0 Å². The molecule has 21 heavy (non-hydrogen) atoms. The zero-order valence-corrected chi connectivity index (χ0v) is 13.4. The van der Waals surface area contributed by atoms with Gasteiger partial charge < -0.3 is 9.73 Å². The third-order valence-corrected chi connectivity index (χ3v) is 5.11. The van der Waals surface area contributed by atoms with Gasteiger partial charge in [0.25, 0.3) is 0 Å². The minimum Gasteiger partial charge on any atom is -0.468 e. The van der Waals surface area contributed by atoms with Gasteiger partial charge >= 0.3 is 0 Å². The molecule has 3 nitrogen and oxygen atoms in total. The molecule has 4 heteroatoms. The van der Waals surface area contributed by atoms with E-state index in [0.29, 0.717) is 6.04 Å². The molecule has 1 aromatic heterocycles. The normalized spacial score (nSPS) is 19.5. The van der Waals surface area contributed by atoms with Gasteiger partial charge in [0.1, 0.15) is 5.76 Å². The van der Waals surface area contributed by atoms with Crippen molar-refractivity contribution in [2.24, 2.45) is 0 Å². The third kappa shape index (κ3) is 3.34. The van der Waals surface area contributed by atoms with Crippen LogP contribution < -0.4 is 5.32 Å². The summed E-state index contributed by atoms with van der Waals surface area (Å²) < 4.78 is 5.58. The van der Waals surface area contributed by atoms with Gasteiger partial charge in [-0.15, -0.1) is 0 Å². The summed E-state index contributed by atoms with van der Waals surface area (Å²) in [5, 5.41) is 3.72. The molecular formula is C17H22N2OS. The molecule has 2 atom stereocenters. The number of hydrogen-bond donors (Lipinski definition) is 1. The van der Waals surface area contributed by atoms with Crippen LogP contribution in [0.4, 0.5) is 0 Å². The Bertz CT molecular complexity index is 568. The molecule has 0 saturated heterocycles. The van der Waals surface area contributed by atoms with Crippen LogP contribution in [0.5, 0.6) is 0 Å². The zero-order valence-electron chi connectivity index (χ0n) is 12.6. The Morgan fingerprint density at radius 3 is 2.90 bits per heavy atom. The number of likely N-dealkylation sites (N-methyl/N-ethyl adjacent to an activating group) is 1. The average molecular weight is 302 g/mol. The van der Waals surface area contributed by atoms with Crippen molar-refractivity contribution in [2.75, 3.05) is 26.4 Å². The Morgan fingerprint density at radius 1 is 1.29 bits per heavy atom. The van der Waals surface area contributed by atoms with Gasteiger partial charge in [0.2, 0.25) is 0 Å². The molecule has 0 amide bonds. The molecule has 0 bridgehead atoms. The lowest BCUT2D eigenvalue weighted by molar-refractivity contribution is 0.245. The van der Waals surface area contributed by atoms with Crippen molar-refractivity contribution < 1.29 is 4.42 Å². The van der Waals surface area contributed by atoms with Crippen molar-refractivity contribution in [1.29, 1.82) is 0 Å². The number of nitrogens with zero attached hydrogens (tertiary/aromatic N) is 1. The summed E-state index contributed by atoms with van der Waals surface area (Å²) in [6, 6.07) is 13.5. The number of fused-ring (bicyclic) bond motifs is 1. The van der Waals surface area contributed by atoms with E-state index in [1.165, 1.54) is 11.1 Å². The van der Waals surface area contributed by atoms with Crippen molar-refractivity contribution >= 4 is 11.8 Å². The average Bonchev–Trinajstić information content (AvgIpc) is 3.01. The van der Waals surface area contributed by atoms with E-state index in [1.807, 2.05) is 17.8 Å². The van der Waals surface area contributed by atoms with Gasteiger partial charge in [-0.2, -0.15) is 11.8 Å². The number of hydrogen-bond acceptors (Lipinski definition) is 4. The highest BCUT2D eigenvalue weighted by Gasteiger charge is 2.23. The van der Waals surface area contributed by atoms with Crippen LogP contribution in [0.2, 0.25) is 0 Å². The topological polar surface area (TPSA) is 28.4 Å². The third-order valence-electron chi connectivity index (χ3n) is 4.03. The van der Waals surface area contributed by atoms with E-state index in [9.17, 15) is 0 Å². The fourth-order valence-electron chi connectivity index (χ4n) is 2.82. The van der Waals surface area contributed by atoms with Gasteiger partial charge in [0, 0.05) is 24.1 Å². The first-order valence-corrected chi connectivity index (χ1v) is 8.50. The highest BCUT2D eigenvalue weighted by atomic mass is 32.2. The predicted octanol–water partition coefficient (Wildman–Crippen LogP) is 3.46. The molecule has 1 aromatic carbocycles. The first-order chi connectivity index (χ1) is 10.3. The van der Waals surface area contributed by atoms with Gasteiger partial charge in [-0.05, 0) is 37.4 Å². The first-order valence-electron chi connectivity index (χ1n) is 7.34. The summed E-state index contributed by atoms with van der Waals surface area (Å²) in [5.41, 5.74) is 2.92. The molecule has 0 saturated carbocycles. The van der Waals surface area contributed by atoms with Crippen LogP contribution in [0.25, 0.3) is 0 Å². The van der Waals surface area contributed by atoms with E-state index < -0.39 is 0 Å². The Kier molecular flexibility index (Phi) is 4.68. The van der Waals surface area contributed by atoms with Crippen LogP contribution in [0.3, 0.4) is 0 Å². The molecule has 3 rings (SSSR count). The molecule has 0 radical (unpaired) electrons. The number of rotatable bonds is 5. The van der Waals surface area contributed by atoms with Crippen molar-refractivity contribution in [1.82, 2.24) is 10.2 Å². The maximum Gasteiger partial charge on any atom is 0.122 e. The molecule has 2 unspecified atom stereocenters. The molecule has 1 aliphatic heterocycles. The van der Waals surface area contributed by atoms with Gasteiger partial charge in [0.05, 0.1) is 12.3 Å². The van der Waals surface area contributed by atoms with Crippen LogP contribution in [-0.2, 0) is 5.75 Å². The second-order valence-electron chi connectivity index (χ2n) is 5.67. The molecule has 1 aliphatic rings. The quantitative estimate of drug-likeness (QED) is 0.915. The van der Waals surface area contributed by atoms with Crippen LogP contribution >= 0.6 is 11.8 Å². The Hall–Kier alpha value is -1.23. The van der Waals surface area contributed by atoms with Crippen LogP contribution in [-0.4, -0.2) is 31.3 Å². The minimum absolute atomic E-state index is 0.263. The van der Waals surface area contributed by atoms with Crippen LogP contribution in [0.1, 0.15) is 29.0 Å². The molecule has 0 aliphatic carbocycles. The second kappa shape index (κ2) is 6.69. The van der Waals surface area contributed by atoms with Crippen LogP contribution in [0.15, 0.2) is 47.1 Å². The highest BCUT2D eigenvalue weighted by Crippen LogP contribution is 2.32. The predicted molar refractivity (Wildman–Crippen MR) is 88.5 cm³/mol. The maximum absolute atomic E-state index is 5.58. The van der Waals surface area contributed by atoms with Gasteiger partial charge in [0.15, 0.2) is 0 Å². The Balaban J connectivity index is 1.70. The smallest absolute Gasteiger partial charge is 0.122 e. The largest absolute Gasteiger partial charge is 0.468 e. The van der Waals surface area contributed by atoms with E-state index in [0.717, 1.165) is 23.8 Å². The van der Waals surface area contributed by atoms with Crippen molar-refractivity contribution in [3.63, 3.8) is 0 Å². The summed E-state index contributed by atoms with van der Waals surface area (Å²) in [7, 11) is 4.19. The monoisotopic (exact) mass is 302 g/mol. The summed E-state index contributed by atoms with van der Waals surface area (Å²) in [6.45, 7) is 0.889. The molecular weight excluding hydrogens is 280 g/mol. The highest BCUT2D eigenvalue weighted by molar-refractivity contribution is 7.98. The molecule has 2 heterocycles. The summed E-state index contributed by atoms with van der Waals surface area (Å²) in [5.74, 6) is 3.28. The first kappa shape index (κ1) is 14.7. The lowest BCUT2D eigenvalue weighted by Crippen LogP contribution is -2.35. The van der Waals surface area contributed by atoms with Gasteiger partial charge in [-0.3, -0.25) is 4.90 Å². The molecule has 0 fully saturated rings. The summed E-state index contributed by atoms with van der Waals surface area (Å²) in [4.78, 5) is 2.20. The lowest BCUT2D eigenvalue weighted by Gasteiger charge is -2.29. The van der Waals surface area contributed by atoms with E-state index in [2.05, 4.69) is 54.6 Å². The van der Waals surface area contributed by atoms with Crippen molar-refractivity contribution in [2.45, 2.75) is 17.8 Å². The van der Waals surface area contributed by atoms with Crippen LogP contribution in [0, 0.1) is 0 Å². The summed E-state index contributed by atoms with van der Waals surface area (Å²) in [6.07, 6.45) is 1.75.